The molecule has 0 unspecified atom stereocenters. The second-order valence-electron chi connectivity index (χ2n) is 8.18. The number of nitrogens with one attached hydrogen (secondary N) is 1. The van der Waals surface area contributed by atoms with E-state index in [4.69, 9.17) is 4.42 Å². The third-order valence-electron chi connectivity index (χ3n) is 4.26. The van der Waals surface area contributed by atoms with E-state index in [0.717, 1.165) is 16.8 Å². The fraction of sp³-hybridized carbons (Fsp3) is 0.364. The van der Waals surface area contributed by atoms with Crippen molar-refractivity contribution in [3.8, 4) is 11.5 Å². The fourth-order valence-corrected chi connectivity index (χ4v) is 2.82. The van der Waals surface area contributed by atoms with Crippen LogP contribution >= 0.6 is 0 Å². The zero-order chi connectivity index (χ0) is 18.9. The van der Waals surface area contributed by atoms with Gasteiger partial charge in [-0.25, -0.2) is 4.98 Å². The number of amides is 1. The van der Waals surface area contributed by atoms with Crippen LogP contribution in [0.3, 0.4) is 0 Å². The number of anilines is 1. The molecular weight excluding hydrogens is 324 g/mol. The van der Waals surface area contributed by atoms with Crippen molar-refractivity contribution >= 4 is 22.7 Å². The first kappa shape index (κ1) is 18.2. The van der Waals surface area contributed by atoms with Crippen molar-refractivity contribution in [2.75, 3.05) is 5.32 Å². The van der Waals surface area contributed by atoms with Crippen LogP contribution in [0.1, 0.15) is 46.6 Å². The summed E-state index contributed by atoms with van der Waals surface area (Å²) in [4.78, 5) is 16.5. The number of hydrogen-bond acceptors (Lipinski definition) is 3. The van der Waals surface area contributed by atoms with Gasteiger partial charge < -0.3 is 9.73 Å². The van der Waals surface area contributed by atoms with Crippen molar-refractivity contribution in [3.05, 3.63) is 48.0 Å². The lowest BCUT2D eigenvalue weighted by atomic mass is 9.87. The van der Waals surface area contributed by atoms with E-state index in [1.54, 1.807) is 0 Å². The topological polar surface area (TPSA) is 55.1 Å². The molecule has 3 rings (SSSR count). The molecule has 2 aromatic carbocycles. The van der Waals surface area contributed by atoms with Gasteiger partial charge in [-0.1, -0.05) is 46.8 Å². The molecule has 0 spiro atoms. The Morgan fingerprint density at radius 2 is 1.81 bits per heavy atom. The Morgan fingerprint density at radius 1 is 1.12 bits per heavy atom. The summed E-state index contributed by atoms with van der Waals surface area (Å²) in [7, 11) is 0. The van der Waals surface area contributed by atoms with E-state index in [1.807, 2.05) is 44.2 Å². The van der Waals surface area contributed by atoms with Crippen LogP contribution in [0.15, 0.2) is 46.9 Å². The molecule has 0 saturated heterocycles. The van der Waals surface area contributed by atoms with E-state index in [-0.39, 0.29) is 11.3 Å². The minimum absolute atomic E-state index is 0.0110. The summed E-state index contributed by atoms with van der Waals surface area (Å²) in [6.07, 6.45) is 0.500. The number of fused-ring (bicyclic) bond motifs is 1. The number of hydrogen-bond donors (Lipinski definition) is 1. The molecule has 0 aliphatic heterocycles. The van der Waals surface area contributed by atoms with Gasteiger partial charge >= 0.3 is 0 Å². The molecule has 0 aliphatic carbocycles. The summed E-state index contributed by atoms with van der Waals surface area (Å²) in [5.41, 5.74) is 4.51. The predicted octanol–water partition coefficient (Wildman–Crippen LogP) is 5.78. The third-order valence-corrected chi connectivity index (χ3v) is 4.26. The molecule has 0 aliphatic rings. The molecule has 0 saturated carbocycles. The second-order valence-corrected chi connectivity index (χ2v) is 8.18. The highest BCUT2D eigenvalue weighted by Crippen LogP contribution is 2.29. The Balaban J connectivity index is 1.84. The van der Waals surface area contributed by atoms with Gasteiger partial charge in [-0.05, 0) is 41.2 Å². The monoisotopic (exact) mass is 350 g/mol. The molecule has 0 fully saturated rings. The summed E-state index contributed by atoms with van der Waals surface area (Å²) in [5, 5.41) is 2.91. The van der Waals surface area contributed by atoms with Gasteiger partial charge in [0.2, 0.25) is 11.8 Å². The normalized spacial score (nSPS) is 11.9. The molecule has 0 atom stereocenters. The van der Waals surface area contributed by atoms with Crippen LogP contribution in [-0.2, 0) is 10.2 Å². The summed E-state index contributed by atoms with van der Waals surface area (Å²) < 4.78 is 5.92. The molecule has 136 valence electrons. The van der Waals surface area contributed by atoms with E-state index in [2.05, 4.69) is 43.2 Å². The number of carbonyl (C=O) groups excluding carboxylic acids is 1. The number of oxazole rings is 1. The van der Waals surface area contributed by atoms with E-state index >= 15 is 0 Å². The van der Waals surface area contributed by atoms with Gasteiger partial charge in [-0.3, -0.25) is 4.79 Å². The van der Waals surface area contributed by atoms with Gasteiger partial charge in [0.1, 0.15) is 5.52 Å². The van der Waals surface area contributed by atoms with Crippen LogP contribution in [0.25, 0.3) is 22.6 Å². The van der Waals surface area contributed by atoms with Crippen LogP contribution in [0.4, 0.5) is 5.69 Å². The second kappa shape index (κ2) is 6.94. The number of rotatable bonds is 4. The molecule has 1 aromatic heterocycles. The van der Waals surface area contributed by atoms with Gasteiger partial charge in [-0.2, -0.15) is 0 Å². The van der Waals surface area contributed by atoms with Crippen molar-refractivity contribution in [1.82, 2.24) is 4.98 Å². The van der Waals surface area contributed by atoms with Crippen molar-refractivity contribution in [2.45, 2.75) is 46.5 Å². The highest BCUT2D eigenvalue weighted by atomic mass is 16.3. The number of benzene rings is 2. The average Bonchev–Trinajstić information content (AvgIpc) is 2.96. The van der Waals surface area contributed by atoms with Gasteiger partial charge in [0.15, 0.2) is 5.58 Å². The Kier molecular flexibility index (Phi) is 4.86. The number of aromatic nitrogens is 1. The van der Waals surface area contributed by atoms with E-state index in [0.29, 0.717) is 23.8 Å². The Labute approximate surface area is 154 Å². The lowest BCUT2D eigenvalue weighted by Gasteiger charge is -2.18. The number of carbonyl (C=O) groups is 1. The van der Waals surface area contributed by atoms with Crippen molar-refractivity contribution in [3.63, 3.8) is 0 Å². The molecule has 3 aromatic rings. The highest BCUT2D eigenvalue weighted by Gasteiger charge is 2.15. The lowest BCUT2D eigenvalue weighted by molar-refractivity contribution is -0.116. The maximum atomic E-state index is 11.9. The van der Waals surface area contributed by atoms with E-state index in [9.17, 15) is 4.79 Å². The predicted molar refractivity (Wildman–Crippen MR) is 106 cm³/mol. The zero-order valence-corrected chi connectivity index (χ0v) is 16.1. The quantitative estimate of drug-likeness (QED) is 0.649. The van der Waals surface area contributed by atoms with Crippen molar-refractivity contribution in [2.24, 2.45) is 5.92 Å². The first-order valence-corrected chi connectivity index (χ1v) is 9.04. The van der Waals surface area contributed by atoms with Gasteiger partial charge in [0.25, 0.3) is 0 Å². The van der Waals surface area contributed by atoms with Crippen molar-refractivity contribution < 1.29 is 9.21 Å². The van der Waals surface area contributed by atoms with Crippen LogP contribution < -0.4 is 5.32 Å². The van der Waals surface area contributed by atoms with Crippen LogP contribution in [0.2, 0.25) is 0 Å². The summed E-state index contributed by atoms with van der Waals surface area (Å²) in [5.74, 6) is 0.926. The zero-order valence-electron chi connectivity index (χ0n) is 16.1. The molecule has 1 amide bonds. The summed E-state index contributed by atoms with van der Waals surface area (Å²) in [6.45, 7) is 10.6. The minimum Gasteiger partial charge on any atom is -0.436 e. The first-order chi connectivity index (χ1) is 12.2. The van der Waals surface area contributed by atoms with E-state index in [1.165, 1.54) is 5.56 Å². The first-order valence-electron chi connectivity index (χ1n) is 9.04. The largest absolute Gasteiger partial charge is 0.436 e. The highest BCUT2D eigenvalue weighted by molar-refractivity contribution is 5.93. The van der Waals surface area contributed by atoms with Gasteiger partial charge in [0, 0.05) is 23.7 Å². The minimum atomic E-state index is 0.0110. The maximum absolute atomic E-state index is 11.9. The van der Waals surface area contributed by atoms with Crippen LogP contribution in [0.5, 0.6) is 0 Å². The Morgan fingerprint density at radius 3 is 2.42 bits per heavy atom. The van der Waals surface area contributed by atoms with Gasteiger partial charge in [0.05, 0.1) is 0 Å². The molecule has 1 N–H and O–H groups in total. The Hall–Kier alpha value is -2.62. The van der Waals surface area contributed by atoms with Crippen molar-refractivity contribution in [1.29, 1.82) is 0 Å². The Bertz CT molecular complexity index is 915. The summed E-state index contributed by atoms with van der Waals surface area (Å²) >= 11 is 0. The van der Waals surface area contributed by atoms with Crippen LogP contribution in [-0.4, -0.2) is 10.9 Å². The molecule has 0 radical (unpaired) electrons. The average molecular weight is 350 g/mol. The fourth-order valence-electron chi connectivity index (χ4n) is 2.82. The lowest BCUT2D eigenvalue weighted by Crippen LogP contribution is -2.13. The third kappa shape index (κ3) is 4.13. The maximum Gasteiger partial charge on any atom is 0.227 e. The van der Waals surface area contributed by atoms with Crippen LogP contribution in [0, 0.1) is 5.92 Å². The van der Waals surface area contributed by atoms with E-state index < -0.39 is 0 Å². The molecular formula is C22H26N2O2. The smallest absolute Gasteiger partial charge is 0.227 e. The molecule has 0 bridgehead atoms. The number of nitrogens with zero attached hydrogens (tertiary/aromatic N) is 1. The standard InChI is InChI=1S/C22H26N2O2/c1-14(2)12-20(25)23-17-10-11-18-19(13-17)26-21(24-18)15-6-8-16(9-7-15)22(3,4)5/h6-11,13-14H,12H2,1-5H3,(H,23,25). The molecule has 4 heteroatoms. The molecule has 4 nitrogen and oxygen atoms in total. The van der Waals surface area contributed by atoms with Gasteiger partial charge in [-0.15, -0.1) is 0 Å². The molecule has 1 heterocycles. The molecule has 26 heavy (non-hydrogen) atoms. The SMILES string of the molecule is CC(C)CC(=O)Nc1ccc2nc(-c3ccc(C(C)(C)C)cc3)oc2c1. The summed E-state index contributed by atoms with van der Waals surface area (Å²) in [6, 6.07) is 13.9.